The average molecular weight is 344 g/mol. The lowest BCUT2D eigenvalue weighted by Crippen LogP contribution is -2.42. The minimum absolute atomic E-state index is 0.111. The summed E-state index contributed by atoms with van der Waals surface area (Å²) in [7, 11) is 2.18. The summed E-state index contributed by atoms with van der Waals surface area (Å²) in [5.74, 6) is 0.690. The summed E-state index contributed by atoms with van der Waals surface area (Å²) >= 11 is 6.16. The van der Waals surface area contributed by atoms with E-state index in [-0.39, 0.29) is 5.91 Å². The first-order valence-corrected chi connectivity index (χ1v) is 8.95. The van der Waals surface area contributed by atoms with Crippen LogP contribution in [-0.4, -0.2) is 53.4 Å². The zero-order valence-electron chi connectivity index (χ0n) is 14.1. The van der Waals surface area contributed by atoms with Gasteiger partial charge in [0.1, 0.15) is 0 Å². The zero-order valence-corrected chi connectivity index (χ0v) is 14.9. The summed E-state index contributed by atoms with van der Waals surface area (Å²) in [6, 6.07) is 7.95. The second-order valence-corrected chi connectivity index (χ2v) is 7.66. The number of fused-ring (bicyclic) bond motifs is 5. The molecule has 126 valence electrons. The number of rotatable bonds is 1. The Morgan fingerprint density at radius 2 is 2.04 bits per heavy atom. The topological polar surface area (TPSA) is 36.4 Å². The Labute approximate surface area is 147 Å². The molecule has 4 heterocycles. The van der Waals surface area contributed by atoms with E-state index in [1.165, 1.54) is 12.8 Å². The highest BCUT2D eigenvalue weighted by molar-refractivity contribution is 6.31. The molecule has 24 heavy (non-hydrogen) atoms. The van der Waals surface area contributed by atoms with Crippen molar-refractivity contribution in [2.24, 2.45) is 5.92 Å². The van der Waals surface area contributed by atoms with Gasteiger partial charge in [-0.1, -0.05) is 11.6 Å². The summed E-state index contributed by atoms with van der Waals surface area (Å²) in [5, 5.41) is 1.49. The number of aryl methyl sites for hydroxylation is 1. The summed E-state index contributed by atoms with van der Waals surface area (Å²) in [6.45, 7) is 4.69. The van der Waals surface area contributed by atoms with E-state index in [9.17, 15) is 4.79 Å². The van der Waals surface area contributed by atoms with Gasteiger partial charge in [0.15, 0.2) is 0 Å². The van der Waals surface area contributed by atoms with Crippen LogP contribution in [0, 0.1) is 12.8 Å². The number of nitrogens with zero attached hydrogens (tertiary/aromatic N) is 3. The van der Waals surface area contributed by atoms with Crippen LogP contribution in [0.25, 0.3) is 10.9 Å². The standard InChI is InChI=1S/C19H22ClN3O/c1-12-7-17(16-8-14(20)4-6-18(16)21-12)19(24)23-10-13-3-5-15(11-23)22(2)9-13/h4,6-8,13,15H,3,5,9-11H2,1-2H3. The van der Waals surface area contributed by atoms with Crippen LogP contribution in [0.3, 0.4) is 0 Å². The molecule has 2 bridgehead atoms. The molecular weight excluding hydrogens is 322 g/mol. The molecule has 0 radical (unpaired) electrons. The predicted molar refractivity (Wildman–Crippen MR) is 96.5 cm³/mol. The van der Waals surface area contributed by atoms with Crippen molar-refractivity contribution in [1.82, 2.24) is 14.8 Å². The number of carbonyl (C=O) groups excluding carboxylic acids is 1. The molecule has 3 aliphatic heterocycles. The fourth-order valence-electron chi connectivity index (χ4n) is 4.16. The Kier molecular flexibility index (Phi) is 3.97. The number of aromatic nitrogens is 1. The minimum atomic E-state index is 0.111. The number of amides is 1. The van der Waals surface area contributed by atoms with Crippen molar-refractivity contribution in [3.8, 4) is 0 Å². The summed E-state index contributed by atoms with van der Waals surface area (Å²) in [6.07, 6.45) is 2.41. The van der Waals surface area contributed by atoms with Gasteiger partial charge in [0, 0.05) is 41.8 Å². The molecule has 2 unspecified atom stereocenters. The Hall–Kier alpha value is -1.65. The number of hydrogen-bond acceptors (Lipinski definition) is 3. The van der Waals surface area contributed by atoms with Gasteiger partial charge in [-0.25, -0.2) is 0 Å². The molecular formula is C19H22ClN3O. The van der Waals surface area contributed by atoms with Crippen molar-refractivity contribution in [1.29, 1.82) is 0 Å². The molecule has 1 aromatic carbocycles. The second-order valence-electron chi connectivity index (χ2n) is 7.22. The van der Waals surface area contributed by atoms with Crippen molar-refractivity contribution in [2.75, 3.05) is 26.7 Å². The van der Waals surface area contributed by atoms with E-state index >= 15 is 0 Å². The molecule has 2 aromatic rings. The zero-order chi connectivity index (χ0) is 16.8. The number of halogens is 1. The maximum atomic E-state index is 13.3. The third-order valence-corrected chi connectivity index (χ3v) is 5.64. The Bertz CT molecular complexity index is 807. The monoisotopic (exact) mass is 343 g/mol. The molecule has 1 amide bonds. The fourth-order valence-corrected chi connectivity index (χ4v) is 4.33. The number of likely N-dealkylation sites (N-methyl/N-ethyl adjacent to an activating group) is 1. The molecule has 5 rings (SSSR count). The molecule has 3 saturated heterocycles. The van der Waals surface area contributed by atoms with Crippen LogP contribution in [0.15, 0.2) is 24.3 Å². The van der Waals surface area contributed by atoms with Crippen molar-refractivity contribution >= 4 is 28.4 Å². The first-order chi connectivity index (χ1) is 11.5. The third-order valence-electron chi connectivity index (χ3n) is 5.40. The molecule has 4 nitrogen and oxygen atoms in total. The van der Waals surface area contributed by atoms with E-state index in [1.807, 2.05) is 36.1 Å². The van der Waals surface area contributed by atoms with Crippen LogP contribution in [-0.2, 0) is 0 Å². The van der Waals surface area contributed by atoms with Crippen LogP contribution < -0.4 is 0 Å². The Morgan fingerprint density at radius 3 is 2.83 bits per heavy atom. The van der Waals surface area contributed by atoms with E-state index in [0.29, 0.717) is 17.0 Å². The normalized spacial score (nSPS) is 24.4. The van der Waals surface area contributed by atoms with Crippen LogP contribution >= 0.6 is 11.6 Å². The first kappa shape index (κ1) is 15.9. The lowest BCUT2D eigenvalue weighted by molar-refractivity contribution is 0.0744. The van der Waals surface area contributed by atoms with E-state index in [2.05, 4.69) is 16.9 Å². The summed E-state index contributed by atoms with van der Waals surface area (Å²) in [4.78, 5) is 22.3. The highest BCUT2D eigenvalue weighted by atomic mass is 35.5. The maximum absolute atomic E-state index is 13.3. The number of carbonyl (C=O) groups is 1. The van der Waals surface area contributed by atoms with E-state index in [0.717, 1.165) is 41.8 Å². The van der Waals surface area contributed by atoms with Gasteiger partial charge >= 0.3 is 0 Å². The third kappa shape index (κ3) is 2.78. The molecule has 3 fully saturated rings. The number of benzene rings is 1. The molecule has 0 spiro atoms. The van der Waals surface area contributed by atoms with Crippen molar-refractivity contribution in [3.05, 3.63) is 40.5 Å². The fraction of sp³-hybridized carbons (Fsp3) is 0.474. The SMILES string of the molecule is Cc1cc(C(=O)N2CC3CCC(C2)N(C)C3)c2cc(Cl)ccc2n1. The molecule has 5 heteroatoms. The molecule has 0 N–H and O–H groups in total. The Balaban J connectivity index is 1.74. The van der Waals surface area contributed by atoms with Gasteiger partial charge in [0.2, 0.25) is 0 Å². The van der Waals surface area contributed by atoms with Gasteiger partial charge in [-0.2, -0.15) is 0 Å². The van der Waals surface area contributed by atoms with Gasteiger partial charge in [-0.15, -0.1) is 0 Å². The summed E-state index contributed by atoms with van der Waals surface area (Å²) in [5.41, 5.74) is 2.42. The molecule has 1 aromatic heterocycles. The van der Waals surface area contributed by atoms with Gasteiger partial charge < -0.3 is 9.80 Å². The van der Waals surface area contributed by atoms with Crippen LogP contribution in [0.5, 0.6) is 0 Å². The minimum Gasteiger partial charge on any atom is -0.337 e. The maximum Gasteiger partial charge on any atom is 0.254 e. The lowest BCUT2D eigenvalue weighted by Gasteiger charge is -2.32. The van der Waals surface area contributed by atoms with Gasteiger partial charge in [-0.05, 0) is 57.0 Å². The number of piperidine rings is 1. The number of hydrogen-bond donors (Lipinski definition) is 0. The molecule has 0 aliphatic carbocycles. The molecule has 0 saturated carbocycles. The van der Waals surface area contributed by atoms with E-state index in [1.54, 1.807) is 0 Å². The summed E-state index contributed by atoms with van der Waals surface area (Å²) < 4.78 is 0. The van der Waals surface area contributed by atoms with E-state index < -0.39 is 0 Å². The van der Waals surface area contributed by atoms with Gasteiger partial charge in [0.25, 0.3) is 5.91 Å². The smallest absolute Gasteiger partial charge is 0.254 e. The highest BCUT2D eigenvalue weighted by Crippen LogP contribution is 2.29. The molecule has 2 atom stereocenters. The Morgan fingerprint density at radius 1 is 1.21 bits per heavy atom. The van der Waals surface area contributed by atoms with Crippen LogP contribution in [0.2, 0.25) is 5.02 Å². The van der Waals surface area contributed by atoms with Gasteiger partial charge in [-0.3, -0.25) is 9.78 Å². The van der Waals surface area contributed by atoms with Crippen LogP contribution in [0.4, 0.5) is 0 Å². The second kappa shape index (κ2) is 6.01. The molecule has 3 aliphatic rings. The van der Waals surface area contributed by atoms with Crippen molar-refractivity contribution in [3.63, 3.8) is 0 Å². The number of pyridine rings is 1. The van der Waals surface area contributed by atoms with E-state index in [4.69, 9.17) is 11.6 Å². The quantitative estimate of drug-likeness (QED) is 0.796. The lowest BCUT2D eigenvalue weighted by atomic mass is 9.96. The predicted octanol–water partition coefficient (Wildman–Crippen LogP) is 3.36. The average Bonchev–Trinajstić information content (AvgIpc) is 2.85. The van der Waals surface area contributed by atoms with Gasteiger partial charge in [0.05, 0.1) is 11.1 Å². The first-order valence-electron chi connectivity index (χ1n) is 8.57. The van der Waals surface area contributed by atoms with Crippen LogP contribution in [0.1, 0.15) is 28.9 Å². The highest BCUT2D eigenvalue weighted by Gasteiger charge is 2.35. The van der Waals surface area contributed by atoms with Crippen molar-refractivity contribution < 1.29 is 4.79 Å². The van der Waals surface area contributed by atoms with Crippen molar-refractivity contribution in [2.45, 2.75) is 25.8 Å². The largest absolute Gasteiger partial charge is 0.337 e.